The number of carbonyl (C=O) groups is 2. The third-order valence-corrected chi connectivity index (χ3v) is 8.53. The summed E-state index contributed by atoms with van der Waals surface area (Å²) in [6.07, 6.45) is 0.885. The Hall–Kier alpha value is -1.24. The number of fused-ring (bicyclic) bond motifs is 3. The second kappa shape index (κ2) is 6.38. The van der Waals surface area contributed by atoms with Crippen LogP contribution in [0.15, 0.2) is 12.7 Å². The van der Waals surface area contributed by atoms with E-state index >= 15 is 0 Å². The van der Waals surface area contributed by atoms with E-state index in [4.69, 9.17) is 9.47 Å². The molecule has 6 nitrogen and oxygen atoms in total. The van der Waals surface area contributed by atoms with E-state index in [1.807, 2.05) is 13.8 Å². The molecule has 2 saturated carbocycles. The van der Waals surface area contributed by atoms with Crippen molar-refractivity contribution in [1.29, 1.82) is 0 Å². The molecule has 6 heteroatoms. The average molecular weight is 409 g/mol. The van der Waals surface area contributed by atoms with Gasteiger partial charge in [0.2, 0.25) is 0 Å². The van der Waals surface area contributed by atoms with Crippen molar-refractivity contribution >= 4 is 11.8 Å². The molecule has 0 bridgehead atoms. The van der Waals surface area contributed by atoms with Gasteiger partial charge in [-0.25, -0.2) is 0 Å². The highest BCUT2D eigenvalue weighted by molar-refractivity contribution is 5.92. The molecule has 3 aliphatic rings. The van der Waals surface area contributed by atoms with Gasteiger partial charge >= 0.3 is 5.97 Å². The molecule has 0 spiro atoms. The first kappa shape index (κ1) is 22.4. The molecule has 0 amide bonds. The van der Waals surface area contributed by atoms with Gasteiger partial charge in [0.15, 0.2) is 11.4 Å². The van der Waals surface area contributed by atoms with Crippen molar-refractivity contribution in [2.75, 3.05) is 0 Å². The summed E-state index contributed by atoms with van der Waals surface area (Å²) < 4.78 is 12.0. The van der Waals surface area contributed by atoms with E-state index in [1.165, 1.54) is 13.0 Å². The Balaban J connectivity index is 2.32. The Labute approximate surface area is 173 Å². The summed E-state index contributed by atoms with van der Waals surface area (Å²) in [7, 11) is 0. The van der Waals surface area contributed by atoms with Crippen LogP contribution < -0.4 is 0 Å². The van der Waals surface area contributed by atoms with Crippen LogP contribution in [0.4, 0.5) is 0 Å². The van der Waals surface area contributed by atoms with Crippen molar-refractivity contribution in [3.05, 3.63) is 12.7 Å². The first-order chi connectivity index (χ1) is 13.1. The molecule has 3 rings (SSSR count). The number of esters is 1. The van der Waals surface area contributed by atoms with E-state index in [-0.39, 0.29) is 23.5 Å². The summed E-state index contributed by atoms with van der Waals surface area (Å²) in [5.41, 5.74) is -5.93. The van der Waals surface area contributed by atoms with Crippen LogP contribution in [0.2, 0.25) is 0 Å². The molecular weight excluding hydrogens is 372 g/mol. The van der Waals surface area contributed by atoms with Crippen LogP contribution in [0, 0.1) is 22.7 Å². The smallest absolute Gasteiger partial charge is 0.303 e. The number of aliphatic hydroxyl groups excluding tert-OH is 1. The highest BCUT2D eigenvalue weighted by Gasteiger charge is 2.80. The standard InChI is InChI=1S/C23H36O6/c1-9-20(6)12-15(25)23(27)21(7)13(2)10-11-19(4,5)17(21)16(28-14(3)24)18(26)22(23,8)29-20/h9,13,16-18,26-27H,1,10-12H2,2-8H3/t13-,16-,17-,18+,20+,21-,22+,23-/m0/s1. The van der Waals surface area contributed by atoms with Gasteiger partial charge < -0.3 is 19.7 Å². The maximum atomic E-state index is 13.6. The number of hydrogen-bond acceptors (Lipinski definition) is 6. The van der Waals surface area contributed by atoms with Gasteiger partial charge in [0.1, 0.15) is 17.8 Å². The van der Waals surface area contributed by atoms with Gasteiger partial charge in [0.25, 0.3) is 0 Å². The van der Waals surface area contributed by atoms with Gasteiger partial charge in [-0.05, 0) is 38.0 Å². The topological polar surface area (TPSA) is 93.1 Å². The van der Waals surface area contributed by atoms with Crippen LogP contribution >= 0.6 is 0 Å². The normalized spacial score (nSPS) is 51.6. The van der Waals surface area contributed by atoms with Gasteiger partial charge in [0.05, 0.1) is 5.60 Å². The van der Waals surface area contributed by atoms with Crippen molar-refractivity contribution in [2.24, 2.45) is 22.7 Å². The lowest BCUT2D eigenvalue weighted by atomic mass is 9.38. The van der Waals surface area contributed by atoms with Gasteiger partial charge in [-0.3, -0.25) is 9.59 Å². The first-order valence-corrected chi connectivity index (χ1v) is 10.6. The largest absolute Gasteiger partial charge is 0.459 e. The quantitative estimate of drug-likeness (QED) is 0.539. The molecule has 0 aromatic heterocycles. The number of carbonyl (C=O) groups excluding carboxylic acids is 2. The highest BCUT2D eigenvalue weighted by atomic mass is 16.6. The Morgan fingerprint density at radius 2 is 1.86 bits per heavy atom. The predicted octanol–water partition coefficient (Wildman–Crippen LogP) is 2.80. The fourth-order valence-electron chi connectivity index (χ4n) is 6.89. The third kappa shape index (κ3) is 2.64. The Bertz CT molecular complexity index is 746. The predicted molar refractivity (Wildman–Crippen MR) is 108 cm³/mol. The molecule has 2 N–H and O–H groups in total. The summed E-state index contributed by atoms with van der Waals surface area (Å²) in [5, 5.41) is 23.7. The zero-order valence-corrected chi connectivity index (χ0v) is 18.7. The molecule has 1 heterocycles. The van der Waals surface area contributed by atoms with Crippen LogP contribution in [0.3, 0.4) is 0 Å². The Morgan fingerprint density at radius 3 is 2.38 bits per heavy atom. The summed E-state index contributed by atoms with van der Waals surface area (Å²) in [6, 6.07) is 0. The Morgan fingerprint density at radius 1 is 1.28 bits per heavy atom. The summed E-state index contributed by atoms with van der Waals surface area (Å²) in [4.78, 5) is 25.6. The average Bonchev–Trinajstić information content (AvgIpc) is 2.60. The van der Waals surface area contributed by atoms with E-state index in [0.717, 1.165) is 12.8 Å². The molecule has 3 fully saturated rings. The molecule has 164 valence electrons. The lowest BCUT2D eigenvalue weighted by Crippen LogP contribution is -2.85. The maximum Gasteiger partial charge on any atom is 0.303 e. The molecule has 0 aromatic rings. The minimum Gasteiger partial charge on any atom is -0.459 e. The minimum absolute atomic E-state index is 0.0248. The lowest BCUT2D eigenvalue weighted by Gasteiger charge is -2.71. The van der Waals surface area contributed by atoms with Crippen molar-refractivity contribution in [3.8, 4) is 0 Å². The third-order valence-electron chi connectivity index (χ3n) is 8.53. The highest BCUT2D eigenvalue weighted by Crippen LogP contribution is 2.68. The number of aliphatic hydroxyl groups is 2. The molecule has 2 aliphatic carbocycles. The molecule has 8 atom stereocenters. The molecule has 0 unspecified atom stereocenters. The lowest BCUT2D eigenvalue weighted by molar-refractivity contribution is -0.365. The molecule has 0 aromatic carbocycles. The fraction of sp³-hybridized carbons (Fsp3) is 0.826. The van der Waals surface area contributed by atoms with Gasteiger partial charge in [0, 0.05) is 24.7 Å². The zero-order chi connectivity index (χ0) is 22.2. The zero-order valence-electron chi connectivity index (χ0n) is 18.7. The van der Waals surface area contributed by atoms with Crippen LogP contribution in [-0.2, 0) is 19.1 Å². The number of ether oxygens (including phenoxy) is 2. The van der Waals surface area contributed by atoms with Crippen molar-refractivity contribution in [3.63, 3.8) is 0 Å². The van der Waals surface area contributed by atoms with Gasteiger partial charge in [-0.15, -0.1) is 6.58 Å². The summed E-state index contributed by atoms with van der Waals surface area (Å²) in [5.74, 6) is -1.33. The molecule has 0 radical (unpaired) electrons. The molecule has 1 saturated heterocycles. The van der Waals surface area contributed by atoms with Crippen molar-refractivity contribution in [1.82, 2.24) is 0 Å². The van der Waals surface area contributed by atoms with E-state index in [0.29, 0.717) is 0 Å². The SMILES string of the molecule is C=C[C@]1(C)CC(=O)[C@]2(O)[C@@]3(C)[C@@H](C)CCC(C)(C)[C@@H]3[C@H](OC(C)=O)[C@@H](O)[C@@]2(C)O1. The first-order valence-electron chi connectivity index (χ1n) is 10.6. The number of rotatable bonds is 2. The number of hydrogen-bond donors (Lipinski definition) is 2. The maximum absolute atomic E-state index is 13.6. The van der Waals surface area contributed by atoms with Crippen LogP contribution in [0.5, 0.6) is 0 Å². The van der Waals surface area contributed by atoms with Gasteiger partial charge in [-0.2, -0.15) is 0 Å². The fourth-order valence-corrected chi connectivity index (χ4v) is 6.89. The summed E-state index contributed by atoms with van der Waals surface area (Å²) >= 11 is 0. The molecule has 29 heavy (non-hydrogen) atoms. The van der Waals surface area contributed by atoms with Crippen LogP contribution in [0.1, 0.15) is 67.7 Å². The van der Waals surface area contributed by atoms with E-state index < -0.39 is 46.3 Å². The Kier molecular flexibility index (Phi) is 4.94. The molecule has 1 aliphatic heterocycles. The van der Waals surface area contributed by atoms with Crippen molar-refractivity contribution < 1.29 is 29.3 Å². The van der Waals surface area contributed by atoms with E-state index in [9.17, 15) is 19.8 Å². The van der Waals surface area contributed by atoms with Crippen LogP contribution in [0.25, 0.3) is 0 Å². The number of Topliss-reactive ketones (excluding diaryl/α,β-unsaturated/α-hetero) is 1. The summed E-state index contributed by atoms with van der Waals surface area (Å²) in [6.45, 7) is 16.4. The van der Waals surface area contributed by atoms with Gasteiger partial charge in [-0.1, -0.05) is 33.8 Å². The monoisotopic (exact) mass is 408 g/mol. The van der Waals surface area contributed by atoms with E-state index in [1.54, 1.807) is 13.8 Å². The van der Waals surface area contributed by atoms with E-state index in [2.05, 4.69) is 20.4 Å². The number of ketones is 1. The second-order valence-corrected chi connectivity index (χ2v) is 10.7. The molecular formula is C23H36O6. The minimum atomic E-state index is -1.93. The van der Waals surface area contributed by atoms with Crippen molar-refractivity contribution in [2.45, 2.75) is 96.7 Å². The second-order valence-electron chi connectivity index (χ2n) is 10.7. The van der Waals surface area contributed by atoms with Crippen LogP contribution in [-0.4, -0.2) is 51.0 Å².